The number of para-hydroxylation sites is 1. The van der Waals surface area contributed by atoms with Crippen LogP contribution in [0.25, 0.3) is 5.69 Å². The molecule has 2 rings (SSSR count). The molecule has 0 aliphatic heterocycles. The molecule has 74 valence electrons. The van der Waals surface area contributed by atoms with Crippen molar-refractivity contribution in [3.8, 4) is 5.69 Å². The maximum atomic E-state index is 11.6. The van der Waals surface area contributed by atoms with Crippen LogP contribution in [0.5, 0.6) is 0 Å². The van der Waals surface area contributed by atoms with Crippen LogP contribution in [-0.2, 0) is 7.05 Å². The molecule has 1 aromatic heterocycles. The Morgan fingerprint density at radius 3 is 2.20 bits per heavy atom. The van der Waals surface area contributed by atoms with Crippen molar-refractivity contribution in [2.75, 3.05) is 0 Å². The normalized spacial score (nSPS) is 9.73. The van der Waals surface area contributed by atoms with Crippen LogP contribution in [0.1, 0.15) is 5.69 Å². The van der Waals surface area contributed by atoms with Crippen LogP contribution in [0.3, 0.4) is 0 Å². The van der Waals surface area contributed by atoms with E-state index in [1.165, 1.54) is 0 Å². The minimum atomic E-state index is 0. The fraction of sp³-hybridized carbons (Fsp3) is 0.182. The average Bonchev–Trinajstić information content (AvgIpc) is 2.43. The molecule has 0 saturated carbocycles. The Morgan fingerprint density at radius 1 is 1.13 bits per heavy atom. The topological polar surface area (TPSA) is 26.9 Å². The van der Waals surface area contributed by atoms with Crippen LogP contribution in [0.15, 0.2) is 41.2 Å². The summed E-state index contributed by atoms with van der Waals surface area (Å²) >= 11 is 0. The molecule has 0 unspecified atom stereocenters. The molecule has 4 heteroatoms. The van der Waals surface area contributed by atoms with Gasteiger partial charge < -0.3 is 0 Å². The summed E-state index contributed by atoms with van der Waals surface area (Å²) in [6, 6.07) is 11.2. The Bertz CT molecular complexity index is 499. The van der Waals surface area contributed by atoms with Gasteiger partial charge in [0.1, 0.15) is 0 Å². The number of hydrogen-bond donors (Lipinski definition) is 0. The Labute approximate surface area is 111 Å². The zero-order valence-electron chi connectivity index (χ0n) is 8.27. The molecule has 1 heterocycles. The molecule has 0 fully saturated rings. The standard InChI is InChI=1S/C11H12N2O.Na.H/c1-9-8-11(14)13(12(9)2)10-6-4-3-5-7-10;;/h3-8H,1-2H3;;. The van der Waals surface area contributed by atoms with E-state index in [9.17, 15) is 4.79 Å². The summed E-state index contributed by atoms with van der Waals surface area (Å²) in [6.45, 7) is 1.92. The third-order valence-corrected chi connectivity index (χ3v) is 2.35. The summed E-state index contributed by atoms with van der Waals surface area (Å²) in [6.07, 6.45) is 0. The first-order valence-electron chi connectivity index (χ1n) is 4.51. The van der Waals surface area contributed by atoms with Crippen LogP contribution in [-0.4, -0.2) is 38.9 Å². The van der Waals surface area contributed by atoms with Crippen molar-refractivity contribution in [2.45, 2.75) is 6.92 Å². The number of aromatic nitrogens is 2. The predicted octanol–water partition coefficient (Wildman–Crippen LogP) is 0.836. The second-order valence-electron chi connectivity index (χ2n) is 3.29. The second kappa shape index (κ2) is 4.84. The molecule has 1 aromatic carbocycles. The van der Waals surface area contributed by atoms with E-state index in [0.717, 1.165) is 11.4 Å². The van der Waals surface area contributed by atoms with Gasteiger partial charge in [0.2, 0.25) is 0 Å². The summed E-state index contributed by atoms with van der Waals surface area (Å²) in [7, 11) is 1.88. The van der Waals surface area contributed by atoms with Crippen LogP contribution in [0, 0.1) is 6.92 Å². The van der Waals surface area contributed by atoms with E-state index in [4.69, 9.17) is 0 Å². The molecule has 0 aliphatic carbocycles. The fourth-order valence-corrected chi connectivity index (χ4v) is 1.51. The van der Waals surface area contributed by atoms with Crippen molar-refractivity contribution in [2.24, 2.45) is 7.05 Å². The van der Waals surface area contributed by atoms with E-state index in [2.05, 4.69) is 0 Å². The molecule has 0 saturated heterocycles. The van der Waals surface area contributed by atoms with Gasteiger partial charge in [0.15, 0.2) is 0 Å². The first kappa shape index (κ1) is 12.3. The van der Waals surface area contributed by atoms with E-state index in [1.807, 2.05) is 49.0 Å². The van der Waals surface area contributed by atoms with Crippen LogP contribution in [0.2, 0.25) is 0 Å². The monoisotopic (exact) mass is 212 g/mol. The van der Waals surface area contributed by atoms with E-state index < -0.39 is 0 Å². The van der Waals surface area contributed by atoms with Gasteiger partial charge in [-0.3, -0.25) is 9.48 Å². The summed E-state index contributed by atoms with van der Waals surface area (Å²) in [5, 5.41) is 0. The molecule has 0 amide bonds. The third kappa shape index (κ3) is 2.25. The molecular weight excluding hydrogens is 199 g/mol. The molecule has 0 spiro atoms. The van der Waals surface area contributed by atoms with Crippen molar-refractivity contribution in [1.82, 2.24) is 9.36 Å². The fourth-order valence-electron chi connectivity index (χ4n) is 1.51. The van der Waals surface area contributed by atoms with E-state index in [1.54, 1.807) is 10.7 Å². The average molecular weight is 212 g/mol. The van der Waals surface area contributed by atoms with Crippen molar-refractivity contribution < 1.29 is 0 Å². The van der Waals surface area contributed by atoms with Crippen molar-refractivity contribution in [3.63, 3.8) is 0 Å². The number of aryl methyl sites for hydroxylation is 1. The van der Waals surface area contributed by atoms with Crippen LogP contribution in [0.4, 0.5) is 0 Å². The third-order valence-electron chi connectivity index (χ3n) is 2.35. The van der Waals surface area contributed by atoms with Gasteiger partial charge in [0.25, 0.3) is 5.56 Å². The number of benzene rings is 1. The van der Waals surface area contributed by atoms with Gasteiger partial charge in [0, 0.05) is 18.8 Å². The van der Waals surface area contributed by atoms with Gasteiger partial charge in [-0.05, 0) is 19.1 Å². The molecule has 3 nitrogen and oxygen atoms in total. The number of nitrogens with zero attached hydrogens (tertiary/aromatic N) is 2. The first-order valence-corrected chi connectivity index (χ1v) is 4.51. The summed E-state index contributed by atoms with van der Waals surface area (Å²) in [5.41, 5.74) is 1.86. The second-order valence-corrected chi connectivity index (χ2v) is 3.29. The summed E-state index contributed by atoms with van der Waals surface area (Å²) < 4.78 is 3.49. The number of rotatable bonds is 1. The van der Waals surface area contributed by atoms with Gasteiger partial charge in [-0.1, -0.05) is 18.2 Å². The minimum absolute atomic E-state index is 0. The van der Waals surface area contributed by atoms with Crippen LogP contribution >= 0.6 is 0 Å². The molecular formula is C11H13N2NaO. The maximum absolute atomic E-state index is 11.6. The quantitative estimate of drug-likeness (QED) is 0.643. The van der Waals surface area contributed by atoms with Gasteiger partial charge in [-0.15, -0.1) is 0 Å². The molecule has 0 N–H and O–H groups in total. The van der Waals surface area contributed by atoms with E-state index in [-0.39, 0.29) is 35.1 Å². The summed E-state index contributed by atoms with van der Waals surface area (Å²) in [4.78, 5) is 11.6. The Balaban J connectivity index is 0.00000112. The van der Waals surface area contributed by atoms with E-state index in [0.29, 0.717) is 0 Å². The van der Waals surface area contributed by atoms with E-state index >= 15 is 0 Å². The van der Waals surface area contributed by atoms with Crippen molar-refractivity contribution in [1.29, 1.82) is 0 Å². The Morgan fingerprint density at radius 2 is 1.73 bits per heavy atom. The molecule has 15 heavy (non-hydrogen) atoms. The van der Waals surface area contributed by atoms with Crippen molar-refractivity contribution in [3.05, 3.63) is 52.4 Å². The molecule has 0 atom stereocenters. The molecule has 0 bridgehead atoms. The molecule has 0 radical (unpaired) electrons. The van der Waals surface area contributed by atoms with Crippen molar-refractivity contribution >= 4 is 29.6 Å². The van der Waals surface area contributed by atoms with Crippen LogP contribution < -0.4 is 5.56 Å². The van der Waals surface area contributed by atoms with Gasteiger partial charge >= 0.3 is 29.6 Å². The zero-order valence-corrected chi connectivity index (χ0v) is 8.27. The predicted molar refractivity (Wildman–Crippen MR) is 62.9 cm³/mol. The van der Waals surface area contributed by atoms with Gasteiger partial charge in [0.05, 0.1) is 5.69 Å². The number of hydrogen-bond acceptors (Lipinski definition) is 1. The summed E-state index contributed by atoms with van der Waals surface area (Å²) in [5.74, 6) is 0. The Kier molecular flexibility index (Phi) is 3.97. The van der Waals surface area contributed by atoms with Gasteiger partial charge in [-0.25, -0.2) is 4.68 Å². The molecule has 2 aromatic rings. The molecule has 0 aliphatic rings. The first-order chi connectivity index (χ1) is 6.70. The SMILES string of the molecule is Cc1cc(=O)n(-c2ccccc2)n1C.[NaH]. The van der Waals surface area contributed by atoms with Gasteiger partial charge in [-0.2, -0.15) is 0 Å². The Hall–Kier alpha value is -0.770. The zero-order chi connectivity index (χ0) is 10.1.